The topological polar surface area (TPSA) is 61.9 Å². The first-order valence-corrected chi connectivity index (χ1v) is 11.5. The second kappa shape index (κ2) is 10.4. The Balaban J connectivity index is 1.95. The van der Waals surface area contributed by atoms with Crippen molar-refractivity contribution in [1.82, 2.24) is 5.32 Å². The number of alkyl halides is 2. The van der Waals surface area contributed by atoms with Gasteiger partial charge in [-0.25, -0.2) is 8.78 Å². The van der Waals surface area contributed by atoms with Gasteiger partial charge in [0.05, 0.1) is 16.8 Å². The number of nitrogens with one attached hydrogen (secondary N) is 2. The van der Waals surface area contributed by atoms with Crippen LogP contribution in [0.2, 0.25) is 0 Å². The lowest BCUT2D eigenvalue weighted by Crippen LogP contribution is -2.20. The van der Waals surface area contributed by atoms with Gasteiger partial charge in [0.25, 0.3) is 5.92 Å². The van der Waals surface area contributed by atoms with E-state index < -0.39 is 5.92 Å². The van der Waals surface area contributed by atoms with Crippen LogP contribution in [0.25, 0.3) is 11.6 Å². The van der Waals surface area contributed by atoms with E-state index in [0.29, 0.717) is 27.7 Å². The largest absolute Gasteiger partial charge is 0.398 e. The number of rotatable bonds is 8. The Kier molecular flexibility index (Phi) is 7.78. The Bertz CT molecular complexity index is 1170. The molecule has 0 aliphatic heterocycles. The van der Waals surface area contributed by atoms with Crippen molar-refractivity contribution in [2.24, 2.45) is 5.92 Å². The van der Waals surface area contributed by atoms with Gasteiger partial charge < -0.3 is 16.5 Å². The van der Waals surface area contributed by atoms with Crippen molar-refractivity contribution in [3.63, 3.8) is 0 Å². The summed E-state index contributed by atoms with van der Waals surface area (Å²) in [7, 11) is 0. The molecule has 3 nitrogen and oxygen atoms in total. The molecule has 0 radical (unpaired) electrons. The van der Waals surface area contributed by atoms with E-state index in [-0.39, 0.29) is 23.0 Å². The van der Waals surface area contributed by atoms with Gasteiger partial charge >= 0.3 is 0 Å². The number of nitrogens with two attached hydrogens (primary N) is 1. The maximum atomic E-state index is 13.7. The normalized spacial score (nSPS) is 16.3. The van der Waals surface area contributed by atoms with Gasteiger partial charge in [-0.15, -0.1) is 0 Å². The van der Waals surface area contributed by atoms with Gasteiger partial charge in [-0.1, -0.05) is 80.6 Å². The first-order valence-electron chi connectivity index (χ1n) is 11.1. The van der Waals surface area contributed by atoms with E-state index in [2.05, 4.69) is 37.9 Å². The van der Waals surface area contributed by atoms with E-state index in [9.17, 15) is 8.78 Å². The molecule has 3 rings (SSSR count). The van der Waals surface area contributed by atoms with Crippen molar-refractivity contribution in [2.45, 2.75) is 39.2 Å². The van der Waals surface area contributed by atoms with Crippen LogP contribution in [0, 0.1) is 11.3 Å². The summed E-state index contributed by atoms with van der Waals surface area (Å²) in [5, 5.41) is 12.2. The molecule has 0 spiro atoms. The minimum Gasteiger partial charge on any atom is -0.398 e. The second-order valence-corrected chi connectivity index (χ2v) is 9.32. The van der Waals surface area contributed by atoms with E-state index in [1.54, 1.807) is 30.5 Å². The number of allylic oxidation sites excluding steroid dienone is 5. The Morgan fingerprint density at radius 1 is 1.15 bits per heavy atom. The first-order chi connectivity index (χ1) is 16.0. The highest BCUT2D eigenvalue weighted by Crippen LogP contribution is 2.37. The van der Waals surface area contributed by atoms with Gasteiger partial charge in [-0.2, -0.15) is 0 Å². The monoisotopic (exact) mass is 481 g/mol. The van der Waals surface area contributed by atoms with Crippen molar-refractivity contribution in [2.75, 3.05) is 5.73 Å². The van der Waals surface area contributed by atoms with Crippen molar-refractivity contribution in [1.29, 1.82) is 5.41 Å². The fourth-order valence-corrected chi connectivity index (χ4v) is 4.16. The summed E-state index contributed by atoms with van der Waals surface area (Å²) in [6, 6.07) is 12.4. The van der Waals surface area contributed by atoms with Gasteiger partial charge in [0, 0.05) is 41.1 Å². The van der Waals surface area contributed by atoms with Gasteiger partial charge in [-0.05, 0) is 35.6 Å². The molecule has 2 aromatic rings. The number of benzene rings is 2. The minimum absolute atomic E-state index is 0.0223. The maximum Gasteiger partial charge on any atom is 0.270 e. The molecule has 0 heterocycles. The zero-order valence-corrected chi connectivity index (χ0v) is 20.4. The Hall–Kier alpha value is -3.18. The van der Waals surface area contributed by atoms with Crippen LogP contribution in [0.15, 0.2) is 78.0 Å². The number of halogens is 3. The van der Waals surface area contributed by atoms with Crippen molar-refractivity contribution < 1.29 is 8.78 Å². The van der Waals surface area contributed by atoms with Crippen molar-refractivity contribution in [3.8, 4) is 0 Å². The molecular formula is C28H30ClF2N3. The van der Waals surface area contributed by atoms with Crippen LogP contribution in [0.3, 0.4) is 0 Å². The standard InChI is InChI=1S/C28H30ClF2N3/c1-5-18-6-8-19(9-7-18)26(14-17(2)3)34-16-23-24(32)13-12-22(27(23)29)21-11-10-20(15-25(21)33)28(4,30)31/h5-13,15-17,26,32,34H,1,14,33H2,2-4H3/b23-16+,32-24?. The van der Waals surface area contributed by atoms with E-state index >= 15 is 0 Å². The lowest BCUT2D eigenvalue weighted by Gasteiger charge is -2.23. The van der Waals surface area contributed by atoms with Crippen molar-refractivity contribution >= 4 is 34.6 Å². The van der Waals surface area contributed by atoms with Crippen LogP contribution in [0.1, 0.15) is 55.5 Å². The molecule has 0 saturated heterocycles. The molecule has 4 N–H and O–H groups in total. The molecular weight excluding hydrogens is 452 g/mol. The molecule has 0 saturated carbocycles. The van der Waals surface area contributed by atoms with Gasteiger partial charge in [0.1, 0.15) is 0 Å². The zero-order chi connectivity index (χ0) is 25.0. The minimum atomic E-state index is -2.99. The Labute approximate surface area is 205 Å². The van der Waals surface area contributed by atoms with Gasteiger partial charge in [-0.3, -0.25) is 0 Å². The van der Waals surface area contributed by atoms with E-state index in [0.717, 1.165) is 24.5 Å². The van der Waals surface area contributed by atoms with Gasteiger partial charge in [0.15, 0.2) is 0 Å². The fourth-order valence-electron chi connectivity index (χ4n) is 3.84. The van der Waals surface area contributed by atoms with E-state index in [1.165, 1.54) is 12.1 Å². The zero-order valence-electron chi connectivity index (χ0n) is 19.6. The summed E-state index contributed by atoms with van der Waals surface area (Å²) in [5.41, 5.74) is 10.2. The molecule has 2 aromatic carbocycles. The summed E-state index contributed by atoms with van der Waals surface area (Å²) in [4.78, 5) is 0. The third-order valence-corrected chi connectivity index (χ3v) is 6.15. The summed E-state index contributed by atoms with van der Waals surface area (Å²) in [6.45, 7) is 8.95. The molecule has 1 unspecified atom stereocenters. The van der Waals surface area contributed by atoms with Crippen LogP contribution in [-0.4, -0.2) is 5.71 Å². The number of nitrogen functional groups attached to an aromatic ring is 1. The number of hydrogen-bond acceptors (Lipinski definition) is 3. The van der Waals surface area contributed by atoms with Crippen LogP contribution in [-0.2, 0) is 5.92 Å². The average Bonchev–Trinajstić information content (AvgIpc) is 2.78. The van der Waals surface area contributed by atoms with E-state index in [1.807, 2.05) is 12.1 Å². The molecule has 6 heteroatoms. The molecule has 0 amide bonds. The fraction of sp³-hybridized carbons (Fsp3) is 0.250. The van der Waals surface area contributed by atoms with Crippen LogP contribution < -0.4 is 11.1 Å². The number of hydrogen-bond donors (Lipinski definition) is 3. The third-order valence-electron chi connectivity index (χ3n) is 5.74. The predicted octanol–water partition coefficient (Wildman–Crippen LogP) is 7.82. The van der Waals surface area contributed by atoms with Crippen molar-refractivity contribution in [3.05, 3.63) is 100 Å². The smallest absolute Gasteiger partial charge is 0.270 e. The molecule has 0 bridgehead atoms. The van der Waals surface area contributed by atoms with Crippen LogP contribution in [0.4, 0.5) is 14.5 Å². The average molecular weight is 482 g/mol. The molecule has 1 aliphatic carbocycles. The van der Waals surface area contributed by atoms with Crippen LogP contribution in [0.5, 0.6) is 0 Å². The quantitative estimate of drug-likeness (QED) is 0.336. The molecule has 0 fully saturated rings. The number of anilines is 1. The predicted molar refractivity (Wildman–Crippen MR) is 140 cm³/mol. The molecule has 34 heavy (non-hydrogen) atoms. The lowest BCUT2D eigenvalue weighted by atomic mass is 9.92. The SMILES string of the molecule is C=Cc1ccc(C(CC(C)C)N/C=C2\C(=N)C=CC(c3ccc(C(C)(F)F)cc3N)=C2Cl)cc1. The summed E-state index contributed by atoms with van der Waals surface area (Å²) < 4.78 is 27.4. The highest BCUT2D eigenvalue weighted by molar-refractivity contribution is 6.41. The van der Waals surface area contributed by atoms with E-state index in [4.69, 9.17) is 22.7 Å². The highest BCUT2D eigenvalue weighted by atomic mass is 35.5. The second-order valence-electron chi connectivity index (χ2n) is 8.94. The molecule has 1 atom stereocenters. The van der Waals surface area contributed by atoms with Crippen LogP contribution >= 0.6 is 11.6 Å². The third kappa shape index (κ3) is 5.84. The molecule has 1 aliphatic rings. The Morgan fingerprint density at radius 2 is 1.82 bits per heavy atom. The summed E-state index contributed by atoms with van der Waals surface area (Å²) in [6.07, 6.45) is 7.77. The first kappa shape index (κ1) is 25.4. The highest BCUT2D eigenvalue weighted by Gasteiger charge is 2.26. The summed E-state index contributed by atoms with van der Waals surface area (Å²) >= 11 is 6.72. The molecule has 178 valence electrons. The summed E-state index contributed by atoms with van der Waals surface area (Å²) in [5.74, 6) is -2.54. The molecule has 0 aromatic heterocycles. The van der Waals surface area contributed by atoms with Gasteiger partial charge in [0.2, 0.25) is 0 Å². The Morgan fingerprint density at radius 3 is 2.38 bits per heavy atom. The maximum absolute atomic E-state index is 13.7. The lowest BCUT2D eigenvalue weighted by molar-refractivity contribution is 0.0175.